The van der Waals surface area contributed by atoms with Crippen LogP contribution in [0.3, 0.4) is 0 Å². The number of likely N-dealkylation sites (N-methyl/N-ethyl adjacent to an activating group) is 1. The third-order valence-corrected chi connectivity index (χ3v) is 5.58. The van der Waals surface area contributed by atoms with Crippen molar-refractivity contribution in [2.45, 2.75) is 18.9 Å². The van der Waals surface area contributed by atoms with Gasteiger partial charge in [0, 0.05) is 22.1 Å². The maximum atomic E-state index is 12.7. The van der Waals surface area contributed by atoms with E-state index in [1.54, 1.807) is 47.5 Å². The van der Waals surface area contributed by atoms with Crippen LogP contribution in [-0.2, 0) is 9.59 Å². The van der Waals surface area contributed by atoms with E-state index in [2.05, 4.69) is 11.4 Å². The first-order valence-corrected chi connectivity index (χ1v) is 9.85. The van der Waals surface area contributed by atoms with Crippen LogP contribution >= 0.6 is 22.9 Å². The third kappa shape index (κ3) is 4.84. The number of hydrogen-bond donors (Lipinski definition) is 1. The van der Waals surface area contributed by atoms with Gasteiger partial charge in [0.05, 0.1) is 19.1 Å². The minimum atomic E-state index is -0.168. The molecule has 0 bridgehead atoms. The molecule has 1 aliphatic heterocycles. The number of nitrogens with one attached hydrogen (secondary N) is 1. The second-order valence-electron chi connectivity index (χ2n) is 6.49. The first-order chi connectivity index (χ1) is 12.5. The minimum absolute atomic E-state index is 0.0685. The molecule has 3 rings (SSSR count). The van der Waals surface area contributed by atoms with E-state index in [0.29, 0.717) is 10.7 Å². The number of carbonyl (C=O) groups is 2. The SMILES string of the molecule is CN(CC(=O)Nc1cccc(Cl)c1)CC(=O)N1CCCC1c1cccs1. The Kier molecular flexibility index (Phi) is 6.29. The quantitative estimate of drug-likeness (QED) is 0.817. The molecule has 2 heterocycles. The van der Waals surface area contributed by atoms with Gasteiger partial charge in [0.1, 0.15) is 0 Å². The Hall–Kier alpha value is -1.89. The van der Waals surface area contributed by atoms with Gasteiger partial charge in [-0.25, -0.2) is 0 Å². The van der Waals surface area contributed by atoms with Crippen LogP contribution in [0.4, 0.5) is 5.69 Å². The van der Waals surface area contributed by atoms with Gasteiger partial charge >= 0.3 is 0 Å². The number of anilines is 1. The summed E-state index contributed by atoms with van der Waals surface area (Å²) < 4.78 is 0. The zero-order valence-corrected chi connectivity index (χ0v) is 16.2. The highest BCUT2D eigenvalue weighted by Crippen LogP contribution is 2.34. The molecule has 0 saturated carbocycles. The number of nitrogens with zero attached hydrogens (tertiary/aromatic N) is 2. The van der Waals surface area contributed by atoms with Crippen molar-refractivity contribution in [3.63, 3.8) is 0 Å². The van der Waals surface area contributed by atoms with E-state index in [1.807, 2.05) is 16.3 Å². The number of thiophene rings is 1. The zero-order chi connectivity index (χ0) is 18.5. The van der Waals surface area contributed by atoms with Crippen LogP contribution in [-0.4, -0.2) is 48.3 Å². The van der Waals surface area contributed by atoms with Gasteiger partial charge in [-0.15, -0.1) is 11.3 Å². The first kappa shape index (κ1) is 18.9. The van der Waals surface area contributed by atoms with Crippen molar-refractivity contribution >= 4 is 40.4 Å². The monoisotopic (exact) mass is 391 g/mol. The number of likely N-dealkylation sites (tertiary alicyclic amines) is 1. The summed E-state index contributed by atoms with van der Waals surface area (Å²) in [6, 6.07) is 11.3. The van der Waals surface area contributed by atoms with E-state index in [4.69, 9.17) is 11.6 Å². The highest BCUT2D eigenvalue weighted by atomic mass is 35.5. The van der Waals surface area contributed by atoms with E-state index in [-0.39, 0.29) is 30.9 Å². The molecule has 138 valence electrons. The fourth-order valence-corrected chi connectivity index (χ4v) is 4.30. The molecular weight excluding hydrogens is 370 g/mol. The predicted octanol–water partition coefficient (Wildman–Crippen LogP) is 3.64. The van der Waals surface area contributed by atoms with Gasteiger partial charge in [0.15, 0.2) is 0 Å². The van der Waals surface area contributed by atoms with Crippen LogP contribution in [0.25, 0.3) is 0 Å². The fourth-order valence-electron chi connectivity index (χ4n) is 3.23. The molecule has 1 saturated heterocycles. The van der Waals surface area contributed by atoms with Crippen molar-refractivity contribution in [2.75, 3.05) is 32.0 Å². The van der Waals surface area contributed by atoms with Crippen molar-refractivity contribution in [1.82, 2.24) is 9.80 Å². The third-order valence-electron chi connectivity index (χ3n) is 4.37. The molecule has 2 amide bonds. The van der Waals surface area contributed by atoms with Gasteiger partial charge < -0.3 is 10.2 Å². The lowest BCUT2D eigenvalue weighted by Crippen LogP contribution is -2.41. The molecule has 0 radical (unpaired) electrons. The van der Waals surface area contributed by atoms with E-state index in [1.165, 1.54) is 4.88 Å². The van der Waals surface area contributed by atoms with E-state index < -0.39 is 0 Å². The summed E-state index contributed by atoms with van der Waals surface area (Å²) in [6.07, 6.45) is 2.03. The van der Waals surface area contributed by atoms with Gasteiger partial charge in [0.25, 0.3) is 0 Å². The summed E-state index contributed by atoms with van der Waals surface area (Å²) >= 11 is 7.61. The van der Waals surface area contributed by atoms with Crippen molar-refractivity contribution in [2.24, 2.45) is 0 Å². The van der Waals surface area contributed by atoms with Crippen LogP contribution in [0.15, 0.2) is 41.8 Å². The highest BCUT2D eigenvalue weighted by Gasteiger charge is 2.30. The number of halogens is 1. The Labute approximate surface area is 162 Å². The number of rotatable bonds is 6. The van der Waals surface area contributed by atoms with Gasteiger partial charge in [-0.05, 0) is 49.5 Å². The number of amides is 2. The summed E-state index contributed by atoms with van der Waals surface area (Å²) in [6.45, 7) is 1.16. The van der Waals surface area contributed by atoms with Gasteiger partial charge in [0.2, 0.25) is 11.8 Å². The van der Waals surface area contributed by atoms with Gasteiger partial charge in [-0.2, -0.15) is 0 Å². The Morgan fingerprint density at radius 2 is 2.15 bits per heavy atom. The largest absolute Gasteiger partial charge is 0.334 e. The lowest BCUT2D eigenvalue weighted by atomic mass is 10.2. The summed E-state index contributed by atoms with van der Waals surface area (Å²) in [5, 5.41) is 5.41. The molecule has 1 N–H and O–H groups in total. The smallest absolute Gasteiger partial charge is 0.238 e. The number of benzene rings is 1. The molecule has 1 fully saturated rings. The van der Waals surface area contributed by atoms with Crippen molar-refractivity contribution in [3.8, 4) is 0 Å². The van der Waals surface area contributed by atoms with Crippen LogP contribution in [0.5, 0.6) is 0 Å². The number of hydrogen-bond acceptors (Lipinski definition) is 4. The Morgan fingerprint density at radius 1 is 1.31 bits per heavy atom. The molecule has 26 heavy (non-hydrogen) atoms. The lowest BCUT2D eigenvalue weighted by molar-refractivity contribution is -0.133. The Morgan fingerprint density at radius 3 is 2.88 bits per heavy atom. The minimum Gasteiger partial charge on any atom is -0.334 e. The second kappa shape index (κ2) is 8.66. The molecule has 1 aromatic heterocycles. The molecule has 1 atom stereocenters. The molecule has 5 nitrogen and oxygen atoms in total. The summed E-state index contributed by atoms with van der Waals surface area (Å²) in [4.78, 5) is 29.8. The summed E-state index contributed by atoms with van der Waals surface area (Å²) in [7, 11) is 1.78. The number of carbonyl (C=O) groups excluding carboxylic acids is 2. The maximum Gasteiger partial charge on any atom is 0.238 e. The maximum absolute atomic E-state index is 12.7. The summed E-state index contributed by atoms with van der Waals surface area (Å²) in [5.41, 5.74) is 0.652. The molecule has 7 heteroatoms. The van der Waals surface area contributed by atoms with Crippen molar-refractivity contribution < 1.29 is 9.59 Å². The molecule has 0 aliphatic carbocycles. The molecule has 1 unspecified atom stereocenters. The standard InChI is InChI=1S/C19H22ClN3O2S/c1-22(12-18(24)21-15-6-2-5-14(20)11-15)13-19(25)23-9-3-7-16(23)17-8-4-10-26-17/h2,4-6,8,10-11,16H,3,7,9,12-13H2,1H3,(H,21,24). The molecule has 0 spiro atoms. The van der Waals surface area contributed by atoms with E-state index in [0.717, 1.165) is 19.4 Å². The van der Waals surface area contributed by atoms with Crippen LogP contribution in [0, 0.1) is 0 Å². The van der Waals surface area contributed by atoms with E-state index >= 15 is 0 Å². The lowest BCUT2D eigenvalue weighted by Gasteiger charge is -2.26. The fraction of sp³-hybridized carbons (Fsp3) is 0.368. The average Bonchev–Trinajstić information content (AvgIpc) is 3.25. The van der Waals surface area contributed by atoms with Crippen molar-refractivity contribution in [3.05, 3.63) is 51.7 Å². The molecule has 1 aromatic carbocycles. The molecular formula is C19H22ClN3O2S. The Balaban J connectivity index is 1.51. The highest BCUT2D eigenvalue weighted by molar-refractivity contribution is 7.10. The van der Waals surface area contributed by atoms with E-state index in [9.17, 15) is 9.59 Å². The first-order valence-electron chi connectivity index (χ1n) is 8.60. The van der Waals surface area contributed by atoms with Crippen LogP contribution < -0.4 is 5.32 Å². The van der Waals surface area contributed by atoms with Crippen molar-refractivity contribution in [1.29, 1.82) is 0 Å². The Bertz CT molecular complexity index is 766. The summed E-state index contributed by atoms with van der Waals surface area (Å²) in [5.74, 6) is -0.0993. The zero-order valence-electron chi connectivity index (χ0n) is 14.7. The molecule has 1 aliphatic rings. The molecule has 2 aromatic rings. The predicted molar refractivity (Wildman–Crippen MR) is 106 cm³/mol. The average molecular weight is 392 g/mol. The normalized spacial score (nSPS) is 16.9. The van der Waals surface area contributed by atoms with Gasteiger partial charge in [-0.1, -0.05) is 23.7 Å². The topological polar surface area (TPSA) is 52.7 Å². The van der Waals surface area contributed by atoms with Gasteiger partial charge in [-0.3, -0.25) is 14.5 Å². The van der Waals surface area contributed by atoms with Crippen LogP contribution in [0.1, 0.15) is 23.8 Å². The second-order valence-corrected chi connectivity index (χ2v) is 7.91. The van der Waals surface area contributed by atoms with Crippen LogP contribution in [0.2, 0.25) is 5.02 Å².